The van der Waals surface area contributed by atoms with Gasteiger partial charge in [0.1, 0.15) is 12.4 Å². The van der Waals surface area contributed by atoms with Crippen LogP contribution in [0.2, 0.25) is 0 Å². The fraction of sp³-hybridized carbons (Fsp3) is 0.263. The first kappa shape index (κ1) is 17.9. The summed E-state index contributed by atoms with van der Waals surface area (Å²) in [4.78, 5) is 37.0. The molecule has 4 rings (SSSR count). The first-order chi connectivity index (χ1) is 13.4. The van der Waals surface area contributed by atoms with E-state index in [1.165, 1.54) is 28.8 Å². The minimum absolute atomic E-state index is 0.0588. The molecule has 1 heterocycles. The number of halogens is 1. The Morgan fingerprint density at radius 1 is 1.25 bits per heavy atom. The average Bonchev–Trinajstić information content (AvgIpc) is 3.45. The number of fused-ring (bicyclic) bond motifs is 1. The van der Waals surface area contributed by atoms with Gasteiger partial charge in [-0.05, 0) is 36.6 Å². The van der Waals surface area contributed by atoms with Crippen LogP contribution in [-0.2, 0) is 17.9 Å². The minimum Gasteiger partial charge on any atom is -0.407 e. The molecule has 144 valence electrons. The van der Waals surface area contributed by atoms with E-state index in [1.54, 1.807) is 17.0 Å². The molecule has 1 aliphatic rings. The van der Waals surface area contributed by atoms with E-state index in [2.05, 4.69) is 0 Å². The molecule has 0 bridgehead atoms. The van der Waals surface area contributed by atoms with Crippen LogP contribution in [0.25, 0.3) is 11.1 Å². The number of nitro groups is 1. The van der Waals surface area contributed by atoms with Crippen molar-refractivity contribution in [2.45, 2.75) is 32.0 Å². The van der Waals surface area contributed by atoms with Gasteiger partial charge < -0.3 is 9.32 Å². The number of hydrogen-bond acceptors (Lipinski definition) is 5. The van der Waals surface area contributed by atoms with Crippen molar-refractivity contribution in [2.24, 2.45) is 0 Å². The Bertz CT molecular complexity index is 1110. The number of hydrogen-bond donors (Lipinski definition) is 0. The van der Waals surface area contributed by atoms with Crippen molar-refractivity contribution in [3.05, 3.63) is 74.5 Å². The van der Waals surface area contributed by atoms with Gasteiger partial charge in [-0.2, -0.15) is 0 Å². The summed E-state index contributed by atoms with van der Waals surface area (Å²) in [6, 6.07) is 9.83. The van der Waals surface area contributed by atoms with Crippen LogP contribution in [0.4, 0.5) is 10.1 Å². The summed E-state index contributed by atoms with van der Waals surface area (Å²) in [5.74, 6) is -1.37. The molecule has 1 amide bonds. The second-order valence-corrected chi connectivity index (χ2v) is 6.74. The highest BCUT2D eigenvalue weighted by atomic mass is 19.1. The van der Waals surface area contributed by atoms with E-state index in [1.807, 2.05) is 0 Å². The van der Waals surface area contributed by atoms with Crippen LogP contribution in [0, 0.1) is 15.9 Å². The topological polar surface area (TPSA) is 98.6 Å². The normalized spacial score (nSPS) is 13.6. The highest BCUT2D eigenvalue weighted by Gasteiger charge is 2.33. The first-order valence-electron chi connectivity index (χ1n) is 8.74. The van der Waals surface area contributed by atoms with E-state index in [9.17, 15) is 24.1 Å². The molecule has 3 aromatic rings. The third kappa shape index (κ3) is 3.51. The van der Waals surface area contributed by atoms with Crippen LogP contribution in [0.1, 0.15) is 18.4 Å². The molecule has 0 spiro atoms. The van der Waals surface area contributed by atoms with Gasteiger partial charge in [-0.15, -0.1) is 0 Å². The molecule has 8 nitrogen and oxygen atoms in total. The molecule has 0 aliphatic heterocycles. The van der Waals surface area contributed by atoms with Gasteiger partial charge in [0.15, 0.2) is 5.58 Å². The minimum atomic E-state index is -0.749. The van der Waals surface area contributed by atoms with Crippen molar-refractivity contribution in [2.75, 3.05) is 0 Å². The fourth-order valence-electron chi connectivity index (χ4n) is 3.14. The lowest BCUT2D eigenvalue weighted by Gasteiger charge is -2.22. The zero-order valence-corrected chi connectivity index (χ0v) is 14.7. The molecule has 1 aromatic heterocycles. The SMILES string of the molecule is O=C(Cn1c(=O)oc2cc([N+](=O)[O-])ccc21)N(Cc1ccc(F)cc1)C1CC1. The smallest absolute Gasteiger partial charge is 0.407 e. The molecule has 2 aromatic carbocycles. The van der Waals surface area contributed by atoms with Gasteiger partial charge in [-0.25, -0.2) is 9.18 Å². The second kappa shape index (κ2) is 6.91. The van der Waals surface area contributed by atoms with Gasteiger partial charge >= 0.3 is 5.76 Å². The highest BCUT2D eigenvalue weighted by molar-refractivity contribution is 5.81. The maximum atomic E-state index is 13.1. The van der Waals surface area contributed by atoms with E-state index < -0.39 is 10.7 Å². The molecule has 0 unspecified atom stereocenters. The van der Waals surface area contributed by atoms with Gasteiger partial charge in [0, 0.05) is 18.7 Å². The molecule has 28 heavy (non-hydrogen) atoms. The van der Waals surface area contributed by atoms with E-state index in [4.69, 9.17) is 4.42 Å². The summed E-state index contributed by atoms with van der Waals surface area (Å²) >= 11 is 0. The molecular weight excluding hydrogens is 369 g/mol. The van der Waals surface area contributed by atoms with Crippen LogP contribution in [-0.4, -0.2) is 26.3 Å². The van der Waals surface area contributed by atoms with Crippen molar-refractivity contribution >= 4 is 22.7 Å². The van der Waals surface area contributed by atoms with E-state index in [0.29, 0.717) is 12.1 Å². The van der Waals surface area contributed by atoms with Crippen LogP contribution < -0.4 is 5.76 Å². The number of nitrogens with zero attached hydrogens (tertiary/aromatic N) is 3. The van der Waals surface area contributed by atoms with Crippen molar-refractivity contribution in [1.29, 1.82) is 0 Å². The molecule has 0 atom stereocenters. The molecule has 9 heteroatoms. The van der Waals surface area contributed by atoms with Crippen LogP contribution >= 0.6 is 0 Å². The Balaban J connectivity index is 1.59. The van der Waals surface area contributed by atoms with Crippen molar-refractivity contribution in [3.8, 4) is 0 Å². The Morgan fingerprint density at radius 3 is 2.61 bits per heavy atom. The Kier molecular flexibility index (Phi) is 4.42. The number of amides is 1. The highest BCUT2D eigenvalue weighted by Crippen LogP contribution is 2.29. The third-order valence-corrected chi connectivity index (χ3v) is 4.73. The lowest BCUT2D eigenvalue weighted by atomic mass is 10.2. The van der Waals surface area contributed by atoms with Crippen LogP contribution in [0.3, 0.4) is 0 Å². The van der Waals surface area contributed by atoms with Crippen molar-refractivity contribution in [3.63, 3.8) is 0 Å². The van der Waals surface area contributed by atoms with Crippen molar-refractivity contribution in [1.82, 2.24) is 9.47 Å². The summed E-state index contributed by atoms with van der Waals surface area (Å²) in [6.07, 6.45) is 1.75. The first-order valence-corrected chi connectivity index (χ1v) is 8.74. The monoisotopic (exact) mass is 385 g/mol. The van der Waals surface area contributed by atoms with Crippen molar-refractivity contribution < 1.29 is 18.5 Å². The number of aromatic nitrogens is 1. The zero-order valence-electron chi connectivity index (χ0n) is 14.7. The second-order valence-electron chi connectivity index (χ2n) is 6.74. The summed E-state index contributed by atoms with van der Waals surface area (Å²) in [5, 5.41) is 10.9. The van der Waals surface area contributed by atoms with Crippen LogP contribution in [0.5, 0.6) is 0 Å². The summed E-state index contributed by atoms with van der Waals surface area (Å²) in [5.41, 5.74) is 0.974. The van der Waals surface area contributed by atoms with E-state index in [-0.39, 0.29) is 35.6 Å². The predicted octanol–water partition coefficient (Wildman–Crippen LogP) is 2.83. The van der Waals surface area contributed by atoms with Gasteiger partial charge in [0.05, 0.1) is 16.5 Å². The molecule has 1 aliphatic carbocycles. The molecular formula is C19H16FN3O5. The number of rotatable bonds is 6. The number of carbonyl (C=O) groups excluding carboxylic acids is 1. The lowest BCUT2D eigenvalue weighted by Crippen LogP contribution is -2.36. The fourth-order valence-corrected chi connectivity index (χ4v) is 3.14. The molecule has 0 saturated heterocycles. The Hall–Kier alpha value is -3.49. The quantitative estimate of drug-likeness (QED) is 0.480. The summed E-state index contributed by atoms with van der Waals surface area (Å²) < 4.78 is 19.3. The van der Waals surface area contributed by atoms with E-state index in [0.717, 1.165) is 24.5 Å². The number of carbonyl (C=O) groups is 1. The summed E-state index contributed by atoms with van der Waals surface area (Å²) in [7, 11) is 0. The number of nitro benzene ring substituents is 1. The van der Waals surface area contributed by atoms with Gasteiger partial charge in [0.2, 0.25) is 5.91 Å². The van der Waals surface area contributed by atoms with Gasteiger partial charge in [-0.1, -0.05) is 12.1 Å². The molecule has 1 fully saturated rings. The maximum Gasteiger partial charge on any atom is 0.420 e. The number of non-ortho nitro benzene ring substituents is 1. The maximum absolute atomic E-state index is 13.1. The average molecular weight is 385 g/mol. The van der Waals surface area contributed by atoms with Gasteiger partial charge in [0.25, 0.3) is 5.69 Å². The van der Waals surface area contributed by atoms with Crippen LogP contribution in [0.15, 0.2) is 51.7 Å². The third-order valence-electron chi connectivity index (χ3n) is 4.73. The zero-order chi connectivity index (χ0) is 19.8. The molecule has 0 radical (unpaired) electrons. The lowest BCUT2D eigenvalue weighted by molar-refractivity contribution is -0.384. The number of benzene rings is 2. The Morgan fingerprint density at radius 2 is 1.96 bits per heavy atom. The Labute approximate surface area is 157 Å². The largest absolute Gasteiger partial charge is 0.420 e. The summed E-state index contributed by atoms with van der Waals surface area (Å²) in [6.45, 7) is 0.0844. The van der Waals surface area contributed by atoms with E-state index >= 15 is 0 Å². The van der Waals surface area contributed by atoms with Gasteiger partial charge in [-0.3, -0.25) is 19.5 Å². The molecule has 0 N–H and O–H groups in total. The standard InChI is InChI=1S/C19H16FN3O5/c20-13-3-1-12(2-4-13)10-21(14-5-6-14)18(24)11-22-16-8-7-15(23(26)27)9-17(16)28-19(22)25/h1-4,7-9,14H,5-6,10-11H2. The molecule has 1 saturated carbocycles. The number of oxazole rings is 1. The predicted molar refractivity (Wildman–Crippen MR) is 97.1 cm³/mol.